The molecule has 5 nitrogen and oxygen atoms in total. The van der Waals surface area contributed by atoms with E-state index in [0.717, 1.165) is 18.7 Å². The minimum Gasteiger partial charge on any atom is -0.384 e. The van der Waals surface area contributed by atoms with Gasteiger partial charge in [0.05, 0.1) is 23.1 Å². The number of anilines is 2. The first kappa shape index (κ1) is 14.5. The van der Waals surface area contributed by atoms with Crippen molar-refractivity contribution in [2.75, 3.05) is 17.2 Å². The number of nitrogens with one attached hydrogen (secondary N) is 2. The van der Waals surface area contributed by atoms with E-state index in [1.165, 1.54) is 0 Å². The van der Waals surface area contributed by atoms with E-state index < -0.39 is 0 Å². The number of nitriles is 1. The molecule has 0 atom stereocenters. The molecular formula is C16H16N4O. The Morgan fingerprint density at radius 3 is 2.76 bits per heavy atom. The summed E-state index contributed by atoms with van der Waals surface area (Å²) in [6.07, 6.45) is 2.65. The van der Waals surface area contributed by atoms with Gasteiger partial charge in [0.25, 0.3) is 5.91 Å². The maximum absolute atomic E-state index is 12.1. The van der Waals surface area contributed by atoms with E-state index in [1.54, 1.807) is 36.5 Å². The van der Waals surface area contributed by atoms with Gasteiger partial charge < -0.3 is 10.6 Å². The van der Waals surface area contributed by atoms with Gasteiger partial charge in [-0.2, -0.15) is 5.26 Å². The molecule has 106 valence electrons. The van der Waals surface area contributed by atoms with E-state index in [1.807, 2.05) is 12.1 Å². The smallest absolute Gasteiger partial charge is 0.274 e. The summed E-state index contributed by atoms with van der Waals surface area (Å²) in [5.41, 5.74) is 2.10. The lowest BCUT2D eigenvalue weighted by Crippen LogP contribution is -2.14. The van der Waals surface area contributed by atoms with Crippen molar-refractivity contribution in [3.05, 3.63) is 53.9 Å². The second-order valence-corrected chi connectivity index (χ2v) is 4.47. The molecule has 0 bridgehead atoms. The van der Waals surface area contributed by atoms with E-state index in [-0.39, 0.29) is 5.91 Å². The summed E-state index contributed by atoms with van der Waals surface area (Å²) in [4.78, 5) is 16.2. The van der Waals surface area contributed by atoms with Crippen molar-refractivity contribution in [3.8, 4) is 6.07 Å². The fourth-order valence-corrected chi connectivity index (χ4v) is 1.78. The third kappa shape index (κ3) is 3.80. The molecule has 5 heteroatoms. The van der Waals surface area contributed by atoms with Crippen molar-refractivity contribution >= 4 is 17.3 Å². The van der Waals surface area contributed by atoms with E-state index >= 15 is 0 Å². The number of carbonyl (C=O) groups excluding carboxylic acids is 1. The third-order valence-corrected chi connectivity index (χ3v) is 2.87. The van der Waals surface area contributed by atoms with Gasteiger partial charge in [0.1, 0.15) is 11.8 Å². The summed E-state index contributed by atoms with van der Waals surface area (Å²) in [6.45, 7) is 2.94. The molecule has 1 heterocycles. The van der Waals surface area contributed by atoms with Crippen molar-refractivity contribution < 1.29 is 4.79 Å². The Labute approximate surface area is 123 Å². The molecule has 1 amide bonds. The number of aromatic nitrogens is 1. The highest BCUT2D eigenvalue weighted by Crippen LogP contribution is 2.15. The molecule has 0 spiro atoms. The van der Waals surface area contributed by atoms with Crippen LogP contribution in [0, 0.1) is 11.3 Å². The van der Waals surface area contributed by atoms with Crippen LogP contribution in [-0.4, -0.2) is 17.4 Å². The highest BCUT2D eigenvalue weighted by atomic mass is 16.1. The molecule has 0 unspecified atom stereocenters. The lowest BCUT2D eigenvalue weighted by molar-refractivity contribution is 0.102. The summed E-state index contributed by atoms with van der Waals surface area (Å²) in [6, 6.07) is 12.4. The fraction of sp³-hybridized carbons (Fsp3) is 0.188. The number of hydrogen-bond donors (Lipinski definition) is 2. The quantitative estimate of drug-likeness (QED) is 0.882. The number of para-hydroxylation sites is 1. The summed E-state index contributed by atoms with van der Waals surface area (Å²) < 4.78 is 0. The van der Waals surface area contributed by atoms with Crippen molar-refractivity contribution in [1.29, 1.82) is 5.26 Å². The Bertz CT molecular complexity index is 659. The standard InChI is InChI=1S/C16H16N4O/c1-2-9-18-13-7-8-15(19-11-13)16(21)20-14-6-4-3-5-12(14)10-17/h3-8,11,18H,2,9H2,1H3,(H,20,21). The number of nitrogens with zero attached hydrogens (tertiary/aromatic N) is 2. The van der Waals surface area contributed by atoms with Gasteiger partial charge in [0.2, 0.25) is 0 Å². The molecule has 0 radical (unpaired) electrons. The number of benzene rings is 1. The van der Waals surface area contributed by atoms with Crippen LogP contribution in [0.4, 0.5) is 11.4 Å². The van der Waals surface area contributed by atoms with Crippen molar-refractivity contribution in [2.24, 2.45) is 0 Å². The van der Waals surface area contributed by atoms with Crippen molar-refractivity contribution in [3.63, 3.8) is 0 Å². The largest absolute Gasteiger partial charge is 0.384 e. The van der Waals surface area contributed by atoms with Gasteiger partial charge in [-0.1, -0.05) is 19.1 Å². The molecule has 0 fully saturated rings. The van der Waals surface area contributed by atoms with Gasteiger partial charge in [0.15, 0.2) is 0 Å². The molecular weight excluding hydrogens is 264 g/mol. The molecule has 21 heavy (non-hydrogen) atoms. The second kappa shape index (κ2) is 7.06. The monoisotopic (exact) mass is 280 g/mol. The summed E-state index contributed by atoms with van der Waals surface area (Å²) >= 11 is 0. The van der Waals surface area contributed by atoms with Crippen LogP contribution in [0.3, 0.4) is 0 Å². The summed E-state index contributed by atoms with van der Waals surface area (Å²) in [7, 11) is 0. The SMILES string of the molecule is CCCNc1ccc(C(=O)Nc2ccccc2C#N)nc1. The van der Waals surface area contributed by atoms with Crippen LogP contribution in [0.5, 0.6) is 0 Å². The lowest BCUT2D eigenvalue weighted by Gasteiger charge is -2.07. The molecule has 0 aliphatic rings. The molecule has 0 saturated carbocycles. The summed E-state index contributed by atoms with van der Waals surface area (Å²) in [5, 5.41) is 14.9. The molecule has 0 aliphatic carbocycles. The number of rotatable bonds is 5. The predicted octanol–water partition coefficient (Wildman–Crippen LogP) is 3.03. The number of pyridine rings is 1. The first-order valence-electron chi connectivity index (χ1n) is 6.75. The first-order chi connectivity index (χ1) is 10.2. The maximum atomic E-state index is 12.1. The molecule has 1 aromatic carbocycles. The van der Waals surface area contributed by atoms with Crippen LogP contribution in [0.25, 0.3) is 0 Å². The van der Waals surface area contributed by atoms with Gasteiger partial charge in [0, 0.05) is 6.54 Å². The van der Waals surface area contributed by atoms with Crippen LogP contribution in [0.2, 0.25) is 0 Å². The Morgan fingerprint density at radius 1 is 1.29 bits per heavy atom. The zero-order chi connectivity index (χ0) is 15.1. The van der Waals surface area contributed by atoms with E-state index in [2.05, 4.69) is 22.5 Å². The van der Waals surface area contributed by atoms with Gasteiger partial charge >= 0.3 is 0 Å². The number of hydrogen-bond acceptors (Lipinski definition) is 4. The van der Waals surface area contributed by atoms with E-state index in [0.29, 0.717) is 16.9 Å². The molecule has 2 rings (SSSR count). The topological polar surface area (TPSA) is 77.8 Å². The second-order valence-electron chi connectivity index (χ2n) is 4.47. The van der Waals surface area contributed by atoms with Crippen molar-refractivity contribution in [1.82, 2.24) is 4.98 Å². The summed E-state index contributed by atoms with van der Waals surface area (Å²) in [5.74, 6) is -0.334. The molecule has 2 N–H and O–H groups in total. The van der Waals surface area contributed by atoms with Crippen LogP contribution in [-0.2, 0) is 0 Å². The molecule has 2 aromatic rings. The Hall–Kier alpha value is -2.87. The minimum atomic E-state index is -0.334. The minimum absolute atomic E-state index is 0.310. The Kier molecular flexibility index (Phi) is 4.89. The van der Waals surface area contributed by atoms with Crippen LogP contribution in [0.15, 0.2) is 42.6 Å². The van der Waals surface area contributed by atoms with Crippen LogP contribution < -0.4 is 10.6 Å². The zero-order valence-electron chi connectivity index (χ0n) is 11.8. The Morgan fingerprint density at radius 2 is 2.10 bits per heavy atom. The predicted molar refractivity (Wildman–Crippen MR) is 82.1 cm³/mol. The van der Waals surface area contributed by atoms with Gasteiger partial charge in [-0.3, -0.25) is 4.79 Å². The van der Waals surface area contributed by atoms with Gasteiger partial charge in [-0.15, -0.1) is 0 Å². The number of carbonyl (C=O) groups is 1. The highest BCUT2D eigenvalue weighted by Gasteiger charge is 2.09. The highest BCUT2D eigenvalue weighted by molar-refractivity contribution is 6.03. The molecule has 0 saturated heterocycles. The van der Waals surface area contributed by atoms with E-state index in [4.69, 9.17) is 5.26 Å². The zero-order valence-corrected chi connectivity index (χ0v) is 11.8. The fourth-order valence-electron chi connectivity index (χ4n) is 1.78. The van der Waals surface area contributed by atoms with E-state index in [9.17, 15) is 4.79 Å². The van der Waals surface area contributed by atoms with Gasteiger partial charge in [-0.05, 0) is 30.7 Å². The number of amides is 1. The average molecular weight is 280 g/mol. The lowest BCUT2D eigenvalue weighted by atomic mass is 10.2. The molecule has 0 aliphatic heterocycles. The van der Waals surface area contributed by atoms with Crippen molar-refractivity contribution in [2.45, 2.75) is 13.3 Å². The van der Waals surface area contributed by atoms with Crippen LogP contribution >= 0.6 is 0 Å². The molecule has 1 aromatic heterocycles. The first-order valence-corrected chi connectivity index (χ1v) is 6.75. The van der Waals surface area contributed by atoms with Crippen LogP contribution in [0.1, 0.15) is 29.4 Å². The average Bonchev–Trinajstić information content (AvgIpc) is 2.54. The Balaban J connectivity index is 2.08. The third-order valence-electron chi connectivity index (χ3n) is 2.87. The van der Waals surface area contributed by atoms with Gasteiger partial charge in [-0.25, -0.2) is 4.98 Å². The normalized spacial score (nSPS) is 9.71. The maximum Gasteiger partial charge on any atom is 0.274 e.